The molecule has 10 heteroatoms. The number of carbonyl (C=O) groups excluding carboxylic acids is 1. The second-order valence-electron chi connectivity index (χ2n) is 15.2. The zero-order valence-electron chi connectivity index (χ0n) is 34.0. The van der Waals surface area contributed by atoms with E-state index in [4.69, 9.17) is 15.3 Å². The number of nitrogens with zero attached hydrogens (tertiary/aromatic N) is 6. The second-order valence-corrected chi connectivity index (χ2v) is 15.2. The summed E-state index contributed by atoms with van der Waals surface area (Å²) in [4.78, 5) is 30.1. The first kappa shape index (κ1) is 40.3. The lowest BCUT2D eigenvalue weighted by Crippen LogP contribution is -2.39. The Balaban J connectivity index is 1.11. The highest BCUT2D eigenvalue weighted by Gasteiger charge is 2.42. The average molecular weight is 806 g/mol. The number of aromatic nitrogens is 6. The summed E-state index contributed by atoms with van der Waals surface area (Å²) in [5, 5.41) is 26.4. The Kier molecular flexibility index (Phi) is 12.3. The van der Waals surface area contributed by atoms with E-state index in [9.17, 15) is 14.7 Å². The van der Waals surface area contributed by atoms with Crippen molar-refractivity contribution in [2.45, 2.75) is 57.2 Å². The van der Waals surface area contributed by atoms with Gasteiger partial charge in [0.05, 0.1) is 6.42 Å². The maximum atomic E-state index is 13.6. The van der Waals surface area contributed by atoms with Crippen LogP contribution in [-0.4, -0.2) is 52.8 Å². The van der Waals surface area contributed by atoms with Crippen LogP contribution in [-0.2, 0) is 29.7 Å². The number of aliphatic carboxylic acids is 1. The number of carbonyl (C=O) groups is 2. The van der Waals surface area contributed by atoms with E-state index >= 15 is 0 Å². The number of nitrogens with one attached hydrogen (secondary N) is 1. The first-order chi connectivity index (χ1) is 29.9. The number of hydrogen-bond donors (Lipinski definition) is 2. The van der Waals surface area contributed by atoms with E-state index in [0.29, 0.717) is 25.2 Å². The first-order valence-corrected chi connectivity index (χ1v) is 20.7. The highest BCUT2D eigenvalue weighted by molar-refractivity contribution is 5.92. The third kappa shape index (κ3) is 8.79. The molecule has 2 aromatic heterocycles. The summed E-state index contributed by atoms with van der Waals surface area (Å²) in [6.45, 7) is 2.64. The van der Waals surface area contributed by atoms with Crippen molar-refractivity contribution in [1.29, 1.82) is 0 Å². The van der Waals surface area contributed by atoms with E-state index in [0.717, 1.165) is 63.2 Å². The minimum atomic E-state index is -0.973. The maximum Gasteiger partial charge on any atom is 0.305 e. The zero-order chi connectivity index (χ0) is 42.0. The molecule has 0 bridgehead atoms. The summed E-state index contributed by atoms with van der Waals surface area (Å²) in [5.41, 5.74) is 7.29. The van der Waals surface area contributed by atoms with Crippen LogP contribution in [0, 0.1) is 0 Å². The summed E-state index contributed by atoms with van der Waals surface area (Å²) >= 11 is 0. The monoisotopic (exact) mass is 805 g/mol. The molecule has 61 heavy (non-hydrogen) atoms. The number of benzene rings is 6. The number of aryl methyl sites for hydroxylation is 1. The second kappa shape index (κ2) is 18.6. The number of tetrazole rings is 1. The molecule has 8 aromatic rings. The van der Waals surface area contributed by atoms with E-state index in [1.807, 2.05) is 106 Å². The predicted molar refractivity (Wildman–Crippen MR) is 237 cm³/mol. The van der Waals surface area contributed by atoms with Gasteiger partial charge in [-0.25, -0.2) is 9.67 Å². The molecule has 2 heterocycles. The smallest absolute Gasteiger partial charge is 0.305 e. The largest absolute Gasteiger partial charge is 0.481 e. The summed E-state index contributed by atoms with van der Waals surface area (Å²) in [7, 11) is 0. The maximum absolute atomic E-state index is 13.6. The molecule has 6 aromatic carbocycles. The standard InChI is InChI=1S/C51H47N7O3/c1-2-3-28-47-53-46(50(61)52-43(34-48(59)60)33-37-18-8-4-9-19-37)36-57(47)35-38-29-31-39(32-30-38)44-26-16-17-27-45(44)49-54-55-56-58(49)51(40-20-10-5-11-21-40,41-22-12-6-13-23-41)42-24-14-7-15-25-42/h4-27,29-32,36,43H,2-3,28,33-35H2,1H3,(H,52,61)(H,59,60)/t43-/m1/s1. The molecule has 0 aliphatic heterocycles. The van der Waals surface area contributed by atoms with Crippen molar-refractivity contribution >= 4 is 11.9 Å². The van der Waals surface area contributed by atoms with Crippen LogP contribution in [0.25, 0.3) is 22.5 Å². The summed E-state index contributed by atoms with van der Waals surface area (Å²) < 4.78 is 3.98. The normalized spacial score (nSPS) is 11.9. The van der Waals surface area contributed by atoms with Gasteiger partial charge in [-0.05, 0) is 62.2 Å². The van der Waals surface area contributed by atoms with Gasteiger partial charge in [-0.2, -0.15) is 0 Å². The Morgan fingerprint density at radius 2 is 1.25 bits per heavy atom. The van der Waals surface area contributed by atoms with Gasteiger partial charge in [0.2, 0.25) is 0 Å². The minimum Gasteiger partial charge on any atom is -0.481 e. The fourth-order valence-electron chi connectivity index (χ4n) is 8.18. The number of carboxylic acids is 1. The van der Waals surface area contributed by atoms with Gasteiger partial charge >= 0.3 is 5.97 Å². The summed E-state index contributed by atoms with van der Waals surface area (Å²) in [5.74, 6) is 0.0729. The lowest BCUT2D eigenvalue weighted by atomic mass is 9.77. The highest BCUT2D eigenvalue weighted by Crippen LogP contribution is 2.43. The van der Waals surface area contributed by atoms with Crippen molar-refractivity contribution in [3.8, 4) is 22.5 Å². The Morgan fingerprint density at radius 1 is 0.689 bits per heavy atom. The molecule has 0 saturated heterocycles. The van der Waals surface area contributed by atoms with Gasteiger partial charge in [-0.1, -0.05) is 183 Å². The molecule has 0 aliphatic carbocycles. The van der Waals surface area contributed by atoms with Crippen LogP contribution in [0.15, 0.2) is 176 Å². The van der Waals surface area contributed by atoms with E-state index in [1.54, 1.807) is 6.20 Å². The van der Waals surface area contributed by atoms with Gasteiger partial charge in [0.15, 0.2) is 5.82 Å². The van der Waals surface area contributed by atoms with Crippen LogP contribution in [0.3, 0.4) is 0 Å². The lowest BCUT2D eigenvalue weighted by Gasteiger charge is -2.36. The molecule has 0 spiro atoms. The quantitative estimate of drug-likeness (QED) is 0.0879. The van der Waals surface area contributed by atoms with Crippen molar-refractivity contribution < 1.29 is 14.7 Å². The van der Waals surface area contributed by atoms with E-state index in [-0.39, 0.29) is 18.0 Å². The molecule has 1 atom stereocenters. The van der Waals surface area contributed by atoms with E-state index in [1.165, 1.54) is 0 Å². The third-order valence-corrected chi connectivity index (χ3v) is 11.1. The third-order valence-electron chi connectivity index (χ3n) is 11.1. The predicted octanol–water partition coefficient (Wildman–Crippen LogP) is 9.25. The molecular weight excluding hydrogens is 759 g/mol. The van der Waals surface area contributed by atoms with Crippen molar-refractivity contribution in [3.63, 3.8) is 0 Å². The summed E-state index contributed by atoms with van der Waals surface area (Å²) in [6.07, 6.45) is 4.60. The van der Waals surface area contributed by atoms with Crippen LogP contribution >= 0.6 is 0 Å². The van der Waals surface area contributed by atoms with Gasteiger partial charge in [-0.3, -0.25) is 9.59 Å². The van der Waals surface area contributed by atoms with Gasteiger partial charge in [0, 0.05) is 30.8 Å². The number of amides is 1. The molecule has 0 fully saturated rings. The minimum absolute atomic E-state index is 0.192. The molecular formula is C51H47N7O3. The number of imidazole rings is 1. The molecule has 0 saturated carbocycles. The Labute approximate surface area is 355 Å². The highest BCUT2D eigenvalue weighted by atomic mass is 16.4. The van der Waals surface area contributed by atoms with Gasteiger partial charge in [-0.15, -0.1) is 5.10 Å². The average Bonchev–Trinajstić information content (AvgIpc) is 3.95. The molecule has 1 amide bonds. The van der Waals surface area contributed by atoms with Crippen molar-refractivity contribution in [3.05, 3.63) is 215 Å². The molecule has 10 nitrogen and oxygen atoms in total. The fraction of sp³-hybridized carbons (Fsp3) is 0.176. The van der Waals surface area contributed by atoms with Crippen LogP contribution in [0.4, 0.5) is 0 Å². The van der Waals surface area contributed by atoms with Crippen molar-refractivity contribution in [2.75, 3.05) is 0 Å². The molecule has 304 valence electrons. The molecule has 0 aliphatic rings. The van der Waals surface area contributed by atoms with Crippen LogP contribution < -0.4 is 5.32 Å². The number of carboxylic acid groups (broad SMARTS) is 1. The Bertz CT molecular complexity index is 2580. The van der Waals surface area contributed by atoms with Crippen molar-refractivity contribution in [1.82, 2.24) is 35.1 Å². The fourth-order valence-corrected chi connectivity index (χ4v) is 8.18. The molecule has 8 rings (SSSR count). The van der Waals surface area contributed by atoms with Crippen LogP contribution in [0.2, 0.25) is 0 Å². The summed E-state index contributed by atoms with van der Waals surface area (Å²) in [6, 6.07) is 56.7. The van der Waals surface area contributed by atoms with Gasteiger partial charge in [0.25, 0.3) is 5.91 Å². The van der Waals surface area contributed by atoms with E-state index < -0.39 is 17.6 Å². The number of unbranched alkanes of at least 4 members (excludes halogenated alkanes) is 1. The van der Waals surface area contributed by atoms with Crippen LogP contribution in [0.5, 0.6) is 0 Å². The number of hydrogen-bond acceptors (Lipinski definition) is 6. The molecule has 0 radical (unpaired) electrons. The van der Waals surface area contributed by atoms with Crippen molar-refractivity contribution in [2.24, 2.45) is 0 Å². The van der Waals surface area contributed by atoms with E-state index in [2.05, 4.69) is 90.3 Å². The molecule has 0 unspecified atom stereocenters. The number of rotatable bonds is 17. The van der Waals surface area contributed by atoms with Crippen LogP contribution in [0.1, 0.15) is 70.3 Å². The first-order valence-electron chi connectivity index (χ1n) is 20.7. The van der Waals surface area contributed by atoms with Gasteiger partial charge < -0.3 is 15.0 Å². The molecule has 2 N–H and O–H groups in total. The van der Waals surface area contributed by atoms with Gasteiger partial charge in [0.1, 0.15) is 17.1 Å². The zero-order valence-corrected chi connectivity index (χ0v) is 34.0. The Hall–Kier alpha value is -7.46. The topological polar surface area (TPSA) is 128 Å². The Morgan fingerprint density at radius 3 is 1.82 bits per heavy atom. The SMILES string of the molecule is CCCCc1nc(C(=O)N[C@@H](CC(=O)O)Cc2ccccc2)cn1Cc1ccc(-c2ccccc2-c2nnnn2C(c2ccccc2)(c2ccccc2)c2ccccc2)cc1. The lowest BCUT2D eigenvalue weighted by molar-refractivity contribution is -0.137.